The van der Waals surface area contributed by atoms with Gasteiger partial charge in [0.15, 0.2) is 0 Å². The maximum absolute atomic E-state index is 13.9. The topological polar surface area (TPSA) is 40.5 Å². The van der Waals surface area contributed by atoms with Crippen LogP contribution in [0.4, 0.5) is 4.39 Å². The van der Waals surface area contributed by atoms with Crippen LogP contribution in [0.2, 0.25) is 0 Å². The summed E-state index contributed by atoms with van der Waals surface area (Å²) in [6.07, 6.45) is 6.24. The van der Waals surface area contributed by atoms with E-state index in [0.29, 0.717) is 12.0 Å². The Kier molecular flexibility index (Phi) is 5.54. The average molecular weight is 333 g/mol. The highest BCUT2D eigenvalue weighted by atomic mass is 19.1. The van der Waals surface area contributed by atoms with Gasteiger partial charge < -0.3 is 10.0 Å². The summed E-state index contributed by atoms with van der Waals surface area (Å²) in [5.74, 6) is -0.148. The second kappa shape index (κ2) is 7.64. The molecule has 4 heteroatoms. The molecular weight excluding hydrogens is 305 g/mol. The molecule has 1 saturated carbocycles. The van der Waals surface area contributed by atoms with Crippen molar-refractivity contribution >= 4 is 5.91 Å². The third kappa shape index (κ3) is 3.64. The molecule has 2 aliphatic rings. The fraction of sp³-hybridized carbons (Fsp3) is 0.650. The van der Waals surface area contributed by atoms with E-state index in [0.717, 1.165) is 45.1 Å². The Labute approximate surface area is 143 Å². The number of aliphatic hydroxyl groups excluding tert-OH is 1. The smallest absolute Gasteiger partial charge is 0.225 e. The molecular formula is C20H28FNO2. The molecule has 24 heavy (non-hydrogen) atoms. The SMILES string of the molecule is C[C@H](Cc1ccccc1F)C(=O)N1CCC[C@@H]1[C@H]1CCCC[C@@H]1O. The summed E-state index contributed by atoms with van der Waals surface area (Å²) in [7, 11) is 0. The predicted octanol–water partition coefficient (Wildman–Crippen LogP) is 3.55. The number of nitrogens with zero attached hydrogens (tertiary/aromatic N) is 1. The number of hydrogen-bond acceptors (Lipinski definition) is 2. The molecule has 0 spiro atoms. The van der Waals surface area contributed by atoms with Gasteiger partial charge in [-0.1, -0.05) is 38.0 Å². The molecule has 1 amide bonds. The Bertz CT molecular complexity index is 577. The fourth-order valence-electron chi connectivity index (χ4n) is 4.46. The lowest BCUT2D eigenvalue weighted by atomic mass is 9.80. The molecule has 1 aromatic carbocycles. The van der Waals surface area contributed by atoms with Crippen LogP contribution in [0, 0.1) is 17.7 Å². The molecule has 3 nitrogen and oxygen atoms in total. The Morgan fingerprint density at radius 2 is 2.00 bits per heavy atom. The zero-order valence-corrected chi connectivity index (χ0v) is 14.5. The van der Waals surface area contributed by atoms with Crippen LogP contribution in [0.15, 0.2) is 24.3 Å². The second-order valence-corrected chi connectivity index (χ2v) is 7.45. The second-order valence-electron chi connectivity index (χ2n) is 7.45. The molecule has 1 saturated heterocycles. The fourth-order valence-corrected chi connectivity index (χ4v) is 4.46. The number of benzene rings is 1. The Morgan fingerprint density at radius 3 is 2.75 bits per heavy atom. The van der Waals surface area contributed by atoms with Crippen molar-refractivity contribution in [2.75, 3.05) is 6.54 Å². The lowest BCUT2D eigenvalue weighted by Crippen LogP contribution is -2.47. The van der Waals surface area contributed by atoms with E-state index in [1.54, 1.807) is 12.1 Å². The van der Waals surface area contributed by atoms with Gasteiger partial charge in [0, 0.05) is 24.4 Å². The van der Waals surface area contributed by atoms with E-state index >= 15 is 0 Å². The number of halogens is 1. The number of carbonyl (C=O) groups is 1. The van der Waals surface area contributed by atoms with E-state index in [1.165, 1.54) is 6.07 Å². The lowest BCUT2D eigenvalue weighted by molar-refractivity contribution is -0.138. The van der Waals surface area contributed by atoms with Crippen LogP contribution in [-0.4, -0.2) is 34.6 Å². The highest BCUT2D eigenvalue weighted by Gasteiger charge is 2.39. The van der Waals surface area contributed by atoms with Gasteiger partial charge in [-0.3, -0.25) is 4.79 Å². The third-order valence-corrected chi connectivity index (χ3v) is 5.76. The van der Waals surface area contributed by atoms with Crippen LogP contribution in [0.3, 0.4) is 0 Å². The van der Waals surface area contributed by atoms with Crippen LogP contribution < -0.4 is 0 Å². The van der Waals surface area contributed by atoms with Gasteiger partial charge in [0.1, 0.15) is 5.82 Å². The average Bonchev–Trinajstić information content (AvgIpc) is 3.06. The molecule has 4 atom stereocenters. The van der Waals surface area contributed by atoms with Crippen LogP contribution in [0.1, 0.15) is 51.0 Å². The van der Waals surface area contributed by atoms with Crippen molar-refractivity contribution in [3.63, 3.8) is 0 Å². The number of hydrogen-bond donors (Lipinski definition) is 1. The van der Waals surface area contributed by atoms with E-state index in [9.17, 15) is 14.3 Å². The van der Waals surface area contributed by atoms with Crippen LogP contribution >= 0.6 is 0 Å². The van der Waals surface area contributed by atoms with Gasteiger partial charge in [-0.05, 0) is 43.7 Å². The molecule has 0 unspecified atom stereocenters. The lowest BCUT2D eigenvalue weighted by Gasteiger charge is -2.38. The summed E-state index contributed by atoms with van der Waals surface area (Å²) in [5, 5.41) is 10.4. The highest BCUT2D eigenvalue weighted by molar-refractivity contribution is 5.79. The van der Waals surface area contributed by atoms with Gasteiger partial charge >= 0.3 is 0 Å². The molecule has 0 aromatic heterocycles. The molecule has 1 aliphatic heterocycles. The Balaban J connectivity index is 1.67. The van der Waals surface area contributed by atoms with Gasteiger partial charge in [0.2, 0.25) is 5.91 Å². The summed E-state index contributed by atoms with van der Waals surface area (Å²) >= 11 is 0. The molecule has 1 heterocycles. The van der Waals surface area contributed by atoms with Crippen molar-refractivity contribution in [3.8, 4) is 0 Å². The Hall–Kier alpha value is -1.42. The van der Waals surface area contributed by atoms with Crippen molar-refractivity contribution in [1.29, 1.82) is 0 Å². The van der Waals surface area contributed by atoms with Crippen molar-refractivity contribution in [2.24, 2.45) is 11.8 Å². The Morgan fingerprint density at radius 1 is 1.25 bits per heavy atom. The monoisotopic (exact) mass is 333 g/mol. The molecule has 1 aromatic rings. The van der Waals surface area contributed by atoms with Gasteiger partial charge in [-0.2, -0.15) is 0 Å². The van der Waals surface area contributed by atoms with Gasteiger partial charge in [0.05, 0.1) is 6.10 Å². The van der Waals surface area contributed by atoms with Crippen molar-refractivity contribution in [2.45, 2.75) is 64.0 Å². The van der Waals surface area contributed by atoms with Crippen LogP contribution in [0.25, 0.3) is 0 Å². The minimum atomic E-state index is -0.279. The van der Waals surface area contributed by atoms with Crippen LogP contribution in [0.5, 0.6) is 0 Å². The summed E-state index contributed by atoms with van der Waals surface area (Å²) in [4.78, 5) is 14.9. The first-order valence-electron chi connectivity index (χ1n) is 9.30. The highest BCUT2D eigenvalue weighted by Crippen LogP contribution is 2.35. The predicted molar refractivity (Wildman–Crippen MR) is 92.0 cm³/mol. The molecule has 1 N–H and O–H groups in total. The molecule has 0 radical (unpaired) electrons. The maximum Gasteiger partial charge on any atom is 0.225 e. The zero-order chi connectivity index (χ0) is 17.1. The van der Waals surface area contributed by atoms with E-state index in [-0.39, 0.29) is 35.7 Å². The number of likely N-dealkylation sites (tertiary alicyclic amines) is 1. The van der Waals surface area contributed by atoms with Crippen molar-refractivity contribution in [1.82, 2.24) is 4.90 Å². The van der Waals surface area contributed by atoms with E-state index in [1.807, 2.05) is 17.9 Å². The summed E-state index contributed by atoms with van der Waals surface area (Å²) in [6.45, 7) is 2.66. The minimum absolute atomic E-state index is 0.110. The van der Waals surface area contributed by atoms with Gasteiger partial charge in [-0.15, -0.1) is 0 Å². The standard InChI is InChI=1S/C20H28FNO2/c1-14(13-15-7-2-4-9-17(15)21)20(24)22-12-6-10-18(22)16-8-3-5-11-19(16)23/h2,4,7,9,14,16,18-19,23H,3,5-6,8,10-13H2,1H3/t14-,16-,18-,19+/m1/s1. The largest absolute Gasteiger partial charge is 0.393 e. The number of rotatable bonds is 4. The molecule has 2 fully saturated rings. The van der Waals surface area contributed by atoms with E-state index in [2.05, 4.69) is 0 Å². The molecule has 1 aliphatic carbocycles. The number of aliphatic hydroxyl groups is 1. The number of amides is 1. The van der Waals surface area contributed by atoms with Crippen molar-refractivity contribution in [3.05, 3.63) is 35.6 Å². The molecule has 3 rings (SSSR count). The van der Waals surface area contributed by atoms with E-state index < -0.39 is 0 Å². The summed E-state index contributed by atoms with van der Waals surface area (Å²) < 4.78 is 13.9. The third-order valence-electron chi connectivity index (χ3n) is 5.76. The van der Waals surface area contributed by atoms with Gasteiger partial charge in [-0.25, -0.2) is 4.39 Å². The van der Waals surface area contributed by atoms with E-state index in [4.69, 9.17) is 0 Å². The summed E-state index contributed by atoms with van der Waals surface area (Å²) in [5.41, 5.74) is 0.604. The quantitative estimate of drug-likeness (QED) is 0.915. The minimum Gasteiger partial charge on any atom is -0.393 e. The first-order valence-corrected chi connectivity index (χ1v) is 9.30. The van der Waals surface area contributed by atoms with Crippen molar-refractivity contribution < 1.29 is 14.3 Å². The molecule has 0 bridgehead atoms. The maximum atomic E-state index is 13.9. The normalized spacial score (nSPS) is 28.8. The number of carbonyl (C=O) groups excluding carboxylic acids is 1. The first kappa shape index (κ1) is 17.4. The molecule has 132 valence electrons. The summed E-state index contributed by atoms with van der Waals surface area (Å²) in [6, 6.07) is 6.85. The van der Waals surface area contributed by atoms with Crippen LogP contribution in [-0.2, 0) is 11.2 Å². The van der Waals surface area contributed by atoms with Gasteiger partial charge in [0.25, 0.3) is 0 Å². The zero-order valence-electron chi connectivity index (χ0n) is 14.5. The first-order chi connectivity index (χ1) is 11.6.